The fourth-order valence-electron chi connectivity index (χ4n) is 1.43. The van der Waals surface area contributed by atoms with Crippen LogP contribution >= 0.6 is 15.9 Å². The van der Waals surface area contributed by atoms with E-state index in [2.05, 4.69) is 40.3 Å². The molecule has 0 saturated heterocycles. The highest BCUT2D eigenvalue weighted by molar-refractivity contribution is 9.10. The van der Waals surface area contributed by atoms with Crippen LogP contribution in [0.1, 0.15) is 17.2 Å². The number of hydrogen-bond acceptors (Lipinski definition) is 2. The van der Waals surface area contributed by atoms with E-state index in [1.165, 1.54) is 11.1 Å². The van der Waals surface area contributed by atoms with E-state index in [0.717, 1.165) is 4.47 Å². The molecule has 1 rings (SSSR count). The molecule has 3 N–H and O–H groups in total. The van der Waals surface area contributed by atoms with Gasteiger partial charge >= 0.3 is 0 Å². The largest absolute Gasteiger partial charge is 0.329 e. The van der Waals surface area contributed by atoms with Crippen molar-refractivity contribution in [1.29, 1.82) is 0 Å². The average molecular weight is 243 g/mol. The summed E-state index contributed by atoms with van der Waals surface area (Å²) < 4.78 is 1.11. The molecule has 1 unspecified atom stereocenters. The van der Waals surface area contributed by atoms with Crippen LogP contribution in [0.4, 0.5) is 0 Å². The van der Waals surface area contributed by atoms with Crippen LogP contribution in [0, 0.1) is 6.92 Å². The van der Waals surface area contributed by atoms with Crippen LogP contribution in [0.15, 0.2) is 22.7 Å². The molecule has 0 saturated carbocycles. The Kier molecular flexibility index (Phi) is 3.90. The predicted molar refractivity (Wildman–Crippen MR) is 59.7 cm³/mol. The van der Waals surface area contributed by atoms with E-state index < -0.39 is 0 Å². The second-order valence-corrected chi connectivity index (χ2v) is 3.99. The highest BCUT2D eigenvalue weighted by atomic mass is 79.9. The minimum Gasteiger partial charge on any atom is -0.329 e. The minimum atomic E-state index is 0.257. The third kappa shape index (κ3) is 2.53. The molecule has 1 aromatic carbocycles. The molecule has 0 heterocycles. The second kappa shape index (κ2) is 4.74. The second-order valence-electron chi connectivity index (χ2n) is 3.08. The van der Waals surface area contributed by atoms with E-state index in [1.54, 1.807) is 0 Å². The van der Waals surface area contributed by atoms with Gasteiger partial charge in [-0.2, -0.15) is 0 Å². The first kappa shape index (κ1) is 10.7. The van der Waals surface area contributed by atoms with Crippen LogP contribution in [0.5, 0.6) is 0 Å². The average Bonchev–Trinajstić information content (AvgIpc) is 2.10. The Morgan fingerprint density at radius 3 is 2.69 bits per heavy atom. The number of rotatable bonds is 3. The zero-order valence-electron chi connectivity index (χ0n) is 7.97. The highest BCUT2D eigenvalue weighted by Crippen LogP contribution is 2.20. The number of aryl methyl sites for hydroxylation is 1. The molecule has 0 amide bonds. The standard InChI is InChI=1S/C10H15BrN2/c1-7-5-8(11)3-4-9(7)10(6-12)13-2/h3-5,10,13H,6,12H2,1-2H3. The van der Waals surface area contributed by atoms with Gasteiger partial charge in [0, 0.05) is 17.1 Å². The molecule has 72 valence electrons. The lowest BCUT2D eigenvalue weighted by Gasteiger charge is -2.16. The van der Waals surface area contributed by atoms with Gasteiger partial charge in [0.15, 0.2) is 0 Å². The molecular formula is C10H15BrN2. The summed E-state index contributed by atoms with van der Waals surface area (Å²) in [6, 6.07) is 6.51. The van der Waals surface area contributed by atoms with Crippen LogP contribution in [0.2, 0.25) is 0 Å². The molecule has 1 atom stereocenters. The highest BCUT2D eigenvalue weighted by Gasteiger charge is 2.08. The van der Waals surface area contributed by atoms with Gasteiger partial charge in [0.1, 0.15) is 0 Å². The predicted octanol–water partition coefficient (Wildman–Crippen LogP) is 1.98. The SMILES string of the molecule is CNC(CN)c1ccc(Br)cc1C. The third-order valence-electron chi connectivity index (χ3n) is 2.19. The fourth-order valence-corrected chi connectivity index (χ4v) is 1.91. The monoisotopic (exact) mass is 242 g/mol. The molecule has 3 heteroatoms. The van der Waals surface area contributed by atoms with Crippen molar-refractivity contribution < 1.29 is 0 Å². The summed E-state index contributed by atoms with van der Waals surface area (Å²) in [6.07, 6.45) is 0. The first-order valence-corrected chi connectivity index (χ1v) is 5.11. The maximum atomic E-state index is 5.65. The number of hydrogen-bond donors (Lipinski definition) is 2. The molecular weight excluding hydrogens is 228 g/mol. The zero-order valence-corrected chi connectivity index (χ0v) is 9.56. The van der Waals surface area contributed by atoms with Crippen molar-refractivity contribution in [2.75, 3.05) is 13.6 Å². The van der Waals surface area contributed by atoms with Gasteiger partial charge in [0.25, 0.3) is 0 Å². The van der Waals surface area contributed by atoms with Crippen LogP contribution < -0.4 is 11.1 Å². The van der Waals surface area contributed by atoms with Gasteiger partial charge in [0.2, 0.25) is 0 Å². The van der Waals surface area contributed by atoms with Crippen LogP contribution in [-0.4, -0.2) is 13.6 Å². The molecule has 0 fully saturated rings. The topological polar surface area (TPSA) is 38.0 Å². The van der Waals surface area contributed by atoms with Crippen molar-refractivity contribution in [3.63, 3.8) is 0 Å². The van der Waals surface area contributed by atoms with E-state index in [4.69, 9.17) is 5.73 Å². The molecule has 0 aromatic heterocycles. The molecule has 0 aliphatic rings. The number of benzene rings is 1. The number of likely N-dealkylation sites (N-methyl/N-ethyl adjacent to an activating group) is 1. The van der Waals surface area contributed by atoms with Crippen molar-refractivity contribution in [2.24, 2.45) is 5.73 Å². The third-order valence-corrected chi connectivity index (χ3v) is 2.68. The lowest BCUT2D eigenvalue weighted by molar-refractivity contribution is 0.602. The van der Waals surface area contributed by atoms with Crippen molar-refractivity contribution in [2.45, 2.75) is 13.0 Å². The molecule has 0 aliphatic carbocycles. The molecule has 13 heavy (non-hydrogen) atoms. The summed E-state index contributed by atoms with van der Waals surface area (Å²) in [5.41, 5.74) is 8.18. The summed E-state index contributed by atoms with van der Waals surface area (Å²) in [7, 11) is 1.93. The maximum absolute atomic E-state index is 5.65. The van der Waals surface area contributed by atoms with Gasteiger partial charge in [-0.25, -0.2) is 0 Å². The minimum absolute atomic E-state index is 0.257. The molecule has 0 spiro atoms. The Hall–Kier alpha value is -0.380. The lowest BCUT2D eigenvalue weighted by atomic mass is 10.0. The van der Waals surface area contributed by atoms with Crippen LogP contribution in [-0.2, 0) is 0 Å². The molecule has 0 bridgehead atoms. The normalized spacial score (nSPS) is 12.9. The Morgan fingerprint density at radius 2 is 2.23 bits per heavy atom. The van der Waals surface area contributed by atoms with Crippen LogP contribution in [0.3, 0.4) is 0 Å². The van der Waals surface area contributed by atoms with Crippen molar-refractivity contribution >= 4 is 15.9 Å². The summed E-state index contributed by atoms with van der Waals surface area (Å²) in [5.74, 6) is 0. The van der Waals surface area contributed by atoms with E-state index in [1.807, 2.05) is 13.1 Å². The molecule has 2 nitrogen and oxygen atoms in total. The summed E-state index contributed by atoms with van der Waals surface area (Å²) >= 11 is 3.44. The Labute approximate surface area is 87.6 Å². The summed E-state index contributed by atoms with van der Waals surface area (Å²) in [5, 5.41) is 3.19. The Morgan fingerprint density at radius 1 is 1.54 bits per heavy atom. The number of nitrogens with two attached hydrogens (primary N) is 1. The first-order valence-electron chi connectivity index (χ1n) is 4.32. The maximum Gasteiger partial charge on any atom is 0.0444 e. The van der Waals surface area contributed by atoms with E-state index in [-0.39, 0.29) is 6.04 Å². The van der Waals surface area contributed by atoms with Crippen molar-refractivity contribution in [3.8, 4) is 0 Å². The van der Waals surface area contributed by atoms with E-state index in [0.29, 0.717) is 6.54 Å². The quantitative estimate of drug-likeness (QED) is 0.851. The molecule has 1 aromatic rings. The molecule has 0 aliphatic heterocycles. The Bertz CT molecular complexity index is 282. The zero-order chi connectivity index (χ0) is 9.84. The van der Waals surface area contributed by atoms with Crippen LogP contribution in [0.25, 0.3) is 0 Å². The van der Waals surface area contributed by atoms with E-state index >= 15 is 0 Å². The smallest absolute Gasteiger partial charge is 0.0444 e. The van der Waals surface area contributed by atoms with Gasteiger partial charge in [-0.3, -0.25) is 0 Å². The summed E-state index contributed by atoms with van der Waals surface area (Å²) in [4.78, 5) is 0. The lowest BCUT2D eigenvalue weighted by Crippen LogP contribution is -2.25. The van der Waals surface area contributed by atoms with Gasteiger partial charge < -0.3 is 11.1 Å². The van der Waals surface area contributed by atoms with Gasteiger partial charge in [-0.05, 0) is 37.2 Å². The van der Waals surface area contributed by atoms with Gasteiger partial charge in [-0.1, -0.05) is 22.0 Å². The fraction of sp³-hybridized carbons (Fsp3) is 0.400. The summed E-state index contributed by atoms with van der Waals surface area (Å²) in [6.45, 7) is 2.72. The number of halogens is 1. The van der Waals surface area contributed by atoms with Crippen molar-refractivity contribution in [3.05, 3.63) is 33.8 Å². The van der Waals surface area contributed by atoms with Gasteiger partial charge in [-0.15, -0.1) is 0 Å². The molecule has 0 radical (unpaired) electrons. The van der Waals surface area contributed by atoms with Crippen molar-refractivity contribution in [1.82, 2.24) is 5.32 Å². The van der Waals surface area contributed by atoms with Gasteiger partial charge in [0.05, 0.1) is 0 Å². The Balaban J connectivity index is 2.99. The number of nitrogens with one attached hydrogen (secondary N) is 1. The first-order chi connectivity index (χ1) is 6.19. The van der Waals surface area contributed by atoms with E-state index in [9.17, 15) is 0 Å².